The molecule has 11 heteroatoms. The molecule has 0 spiro atoms. The standard InChI is InChI=1S/C17H10Cl2F3N3OS2/c18-9-4-10(19)6-11(5-9)23-15(26)8-28-16-24-12(13-2-1-3-27-13)7-14(25-16)17(20,21)22/h1-7H,8H2,(H,23,26). The number of aromatic nitrogens is 2. The number of thiophene rings is 1. The SMILES string of the molecule is O=C(CSc1nc(-c2cccs2)cc(C(F)(F)F)n1)Nc1cc(Cl)cc(Cl)c1. The number of thioether (sulfide) groups is 1. The molecule has 1 N–H and O–H groups in total. The summed E-state index contributed by atoms with van der Waals surface area (Å²) < 4.78 is 39.5. The van der Waals surface area contributed by atoms with E-state index in [-0.39, 0.29) is 16.6 Å². The van der Waals surface area contributed by atoms with Crippen LogP contribution in [0.1, 0.15) is 5.69 Å². The Morgan fingerprint density at radius 1 is 1.14 bits per heavy atom. The van der Waals surface area contributed by atoms with E-state index in [0.29, 0.717) is 20.6 Å². The first-order chi connectivity index (χ1) is 13.2. The molecule has 2 heterocycles. The molecular weight excluding hydrogens is 454 g/mol. The summed E-state index contributed by atoms with van der Waals surface area (Å²) in [6.45, 7) is 0. The molecule has 28 heavy (non-hydrogen) atoms. The van der Waals surface area contributed by atoms with Crippen LogP contribution in [0, 0.1) is 0 Å². The van der Waals surface area contributed by atoms with Crippen LogP contribution in [0.5, 0.6) is 0 Å². The molecular formula is C17H10Cl2F3N3OS2. The van der Waals surface area contributed by atoms with Crippen molar-refractivity contribution in [3.05, 3.63) is 57.5 Å². The van der Waals surface area contributed by atoms with Gasteiger partial charge in [0, 0.05) is 15.7 Å². The van der Waals surface area contributed by atoms with Crippen molar-refractivity contribution >= 4 is 57.9 Å². The van der Waals surface area contributed by atoms with Gasteiger partial charge in [-0.2, -0.15) is 13.2 Å². The Labute approximate surface area is 176 Å². The average Bonchev–Trinajstić information content (AvgIpc) is 3.13. The van der Waals surface area contributed by atoms with Crippen LogP contribution in [0.4, 0.5) is 18.9 Å². The summed E-state index contributed by atoms with van der Waals surface area (Å²) in [5.74, 6) is -0.642. The van der Waals surface area contributed by atoms with E-state index < -0.39 is 17.8 Å². The lowest BCUT2D eigenvalue weighted by Crippen LogP contribution is -2.15. The first kappa shape index (κ1) is 20.9. The Balaban J connectivity index is 1.76. The number of amides is 1. The zero-order valence-corrected chi connectivity index (χ0v) is 16.9. The van der Waals surface area contributed by atoms with Crippen LogP contribution >= 0.6 is 46.3 Å². The normalized spacial score (nSPS) is 11.5. The molecule has 0 fully saturated rings. The molecule has 0 radical (unpaired) electrons. The van der Waals surface area contributed by atoms with Gasteiger partial charge >= 0.3 is 6.18 Å². The van der Waals surface area contributed by atoms with Crippen LogP contribution in [-0.2, 0) is 11.0 Å². The van der Waals surface area contributed by atoms with Gasteiger partial charge in [-0.05, 0) is 35.7 Å². The summed E-state index contributed by atoms with van der Waals surface area (Å²) in [6, 6.07) is 8.79. The summed E-state index contributed by atoms with van der Waals surface area (Å²) in [6.07, 6.45) is -4.62. The van der Waals surface area contributed by atoms with Gasteiger partial charge in [-0.25, -0.2) is 9.97 Å². The highest BCUT2D eigenvalue weighted by atomic mass is 35.5. The zero-order valence-electron chi connectivity index (χ0n) is 13.8. The maximum Gasteiger partial charge on any atom is 0.433 e. The Morgan fingerprint density at radius 2 is 1.86 bits per heavy atom. The molecule has 146 valence electrons. The van der Waals surface area contributed by atoms with Gasteiger partial charge in [0.05, 0.1) is 16.3 Å². The maximum atomic E-state index is 13.2. The van der Waals surface area contributed by atoms with E-state index in [0.717, 1.165) is 17.8 Å². The number of anilines is 1. The largest absolute Gasteiger partial charge is 0.433 e. The monoisotopic (exact) mass is 463 g/mol. The molecule has 2 aromatic heterocycles. The highest BCUT2D eigenvalue weighted by Gasteiger charge is 2.34. The van der Waals surface area contributed by atoms with E-state index in [1.54, 1.807) is 17.5 Å². The van der Waals surface area contributed by atoms with E-state index in [2.05, 4.69) is 15.3 Å². The van der Waals surface area contributed by atoms with Crippen LogP contribution in [0.3, 0.4) is 0 Å². The minimum absolute atomic E-state index is 0.141. The van der Waals surface area contributed by atoms with Gasteiger partial charge in [0.1, 0.15) is 5.69 Å². The maximum absolute atomic E-state index is 13.2. The smallest absolute Gasteiger partial charge is 0.325 e. The number of nitrogens with one attached hydrogen (secondary N) is 1. The topological polar surface area (TPSA) is 54.9 Å². The van der Waals surface area contributed by atoms with Crippen LogP contribution in [0.2, 0.25) is 10.0 Å². The quantitative estimate of drug-likeness (QED) is 0.358. The summed E-state index contributed by atoms with van der Waals surface area (Å²) in [4.78, 5) is 20.4. The fourth-order valence-corrected chi connectivity index (χ4v) is 4.01. The molecule has 1 aromatic carbocycles. The Bertz CT molecular complexity index is 978. The molecule has 0 aliphatic rings. The van der Waals surface area contributed by atoms with Crippen molar-refractivity contribution in [3.8, 4) is 10.6 Å². The van der Waals surface area contributed by atoms with E-state index in [1.807, 2.05) is 0 Å². The number of hydrogen-bond acceptors (Lipinski definition) is 5. The average molecular weight is 464 g/mol. The predicted molar refractivity (Wildman–Crippen MR) is 106 cm³/mol. The van der Waals surface area contributed by atoms with Crippen molar-refractivity contribution in [2.24, 2.45) is 0 Å². The van der Waals surface area contributed by atoms with Crippen molar-refractivity contribution < 1.29 is 18.0 Å². The minimum Gasteiger partial charge on any atom is -0.325 e. The van der Waals surface area contributed by atoms with E-state index >= 15 is 0 Å². The van der Waals surface area contributed by atoms with Crippen LogP contribution in [-0.4, -0.2) is 21.6 Å². The summed E-state index contributed by atoms with van der Waals surface area (Å²) >= 11 is 13.8. The van der Waals surface area contributed by atoms with Gasteiger partial charge in [-0.3, -0.25) is 4.79 Å². The Hall–Kier alpha value is -1.81. The Morgan fingerprint density at radius 3 is 2.46 bits per heavy atom. The van der Waals surface area contributed by atoms with Gasteiger partial charge in [0.25, 0.3) is 0 Å². The minimum atomic E-state index is -4.62. The highest BCUT2D eigenvalue weighted by molar-refractivity contribution is 7.99. The highest BCUT2D eigenvalue weighted by Crippen LogP contribution is 2.33. The molecule has 0 unspecified atom stereocenters. The van der Waals surface area contributed by atoms with E-state index in [9.17, 15) is 18.0 Å². The first-order valence-corrected chi connectivity index (χ1v) is 10.2. The number of halogens is 5. The van der Waals surface area contributed by atoms with Gasteiger partial charge in [-0.1, -0.05) is 41.0 Å². The number of hydrogen-bond donors (Lipinski definition) is 1. The number of carbonyl (C=O) groups excluding carboxylic acids is 1. The molecule has 1 amide bonds. The molecule has 0 bridgehead atoms. The van der Waals surface area contributed by atoms with Gasteiger partial charge in [0.2, 0.25) is 5.91 Å². The molecule has 0 saturated carbocycles. The van der Waals surface area contributed by atoms with E-state index in [4.69, 9.17) is 23.2 Å². The lowest BCUT2D eigenvalue weighted by Gasteiger charge is -2.10. The second kappa shape index (κ2) is 8.69. The summed E-state index contributed by atoms with van der Waals surface area (Å²) in [7, 11) is 0. The summed E-state index contributed by atoms with van der Waals surface area (Å²) in [5.41, 5.74) is -0.523. The van der Waals surface area contributed by atoms with E-state index in [1.165, 1.54) is 29.5 Å². The predicted octanol–water partition coefficient (Wildman–Crippen LogP) is 6.26. The third kappa shape index (κ3) is 5.60. The fraction of sp³-hybridized carbons (Fsp3) is 0.118. The first-order valence-electron chi connectivity index (χ1n) is 7.59. The third-order valence-electron chi connectivity index (χ3n) is 3.25. The summed E-state index contributed by atoms with van der Waals surface area (Å²) in [5, 5.41) is 4.86. The van der Waals surface area contributed by atoms with Crippen LogP contribution in [0.15, 0.2) is 46.9 Å². The van der Waals surface area contributed by atoms with Crippen LogP contribution in [0.25, 0.3) is 10.6 Å². The van der Waals surface area contributed by atoms with Crippen molar-refractivity contribution in [1.29, 1.82) is 0 Å². The molecule has 3 rings (SSSR count). The molecule has 0 atom stereocenters. The fourth-order valence-electron chi connectivity index (χ4n) is 2.14. The molecule has 0 aliphatic carbocycles. The zero-order chi connectivity index (χ0) is 20.3. The second-order valence-electron chi connectivity index (χ2n) is 5.39. The van der Waals surface area contributed by atoms with Crippen LogP contribution < -0.4 is 5.32 Å². The number of benzene rings is 1. The lowest BCUT2D eigenvalue weighted by atomic mass is 10.3. The van der Waals surface area contributed by atoms with Crippen molar-refractivity contribution in [2.75, 3.05) is 11.1 Å². The lowest BCUT2D eigenvalue weighted by molar-refractivity contribution is -0.141. The van der Waals surface area contributed by atoms with Crippen molar-refractivity contribution in [3.63, 3.8) is 0 Å². The van der Waals surface area contributed by atoms with Gasteiger partial charge in [-0.15, -0.1) is 11.3 Å². The number of rotatable bonds is 5. The second-order valence-corrected chi connectivity index (χ2v) is 8.15. The number of alkyl halides is 3. The van der Waals surface area contributed by atoms with Gasteiger partial charge < -0.3 is 5.32 Å². The van der Waals surface area contributed by atoms with Crippen molar-refractivity contribution in [1.82, 2.24) is 9.97 Å². The van der Waals surface area contributed by atoms with Crippen molar-refractivity contribution in [2.45, 2.75) is 11.3 Å². The molecule has 0 saturated heterocycles. The molecule has 3 aromatic rings. The molecule has 0 aliphatic heterocycles. The molecule has 4 nitrogen and oxygen atoms in total. The van der Waals surface area contributed by atoms with Gasteiger partial charge in [0.15, 0.2) is 5.16 Å². The number of nitrogens with zero attached hydrogens (tertiary/aromatic N) is 2. The third-order valence-corrected chi connectivity index (χ3v) is 5.42. The Kier molecular flexibility index (Phi) is 6.49. The number of carbonyl (C=O) groups is 1.